The van der Waals surface area contributed by atoms with E-state index in [1.54, 1.807) is 24.1 Å². The van der Waals surface area contributed by atoms with Gasteiger partial charge in [-0.15, -0.1) is 0 Å². The molecule has 1 fully saturated rings. The quantitative estimate of drug-likeness (QED) is 0.784. The summed E-state index contributed by atoms with van der Waals surface area (Å²) in [7, 11) is 1.79. The molecule has 0 bridgehead atoms. The largest absolute Gasteiger partial charge is 0.366 e. The molecule has 2 rings (SSSR count). The number of benzene rings is 1. The van der Waals surface area contributed by atoms with E-state index in [-0.39, 0.29) is 11.8 Å². The van der Waals surface area contributed by atoms with Crippen molar-refractivity contribution in [1.29, 1.82) is 0 Å². The first kappa shape index (κ1) is 12.6. The maximum Gasteiger partial charge on any atom is 0.248 e. The zero-order valence-electron chi connectivity index (χ0n) is 10.3. The third-order valence-corrected chi connectivity index (χ3v) is 3.17. The van der Waals surface area contributed by atoms with Crippen LogP contribution in [0.1, 0.15) is 15.9 Å². The number of amides is 2. The van der Waals surface area contributed by atoms with Crippen LogP contribution in [0.5, 0.6) is 0 Å². The van der Waals surface area contributed by atoms with Crippen molar-refractivity contribution in [2.75, 3.05) is 20.1 Å². The van der Waals surface area contributed by atoms with Gasteiger partial charge in [0.15, 0.2) is 0 Å². The Morgan fingerprint density at radius 1 is 1.33 bits per heavy atom. The summed E-state index contributed by atoms with van der Waals surface area (Å²) < 4.78 is 0. The first-order valence-corrected chi connectivity index (χ1v) is 5.92. The van der Waals surface area contributed by atoms with E-state index >= 15 is 0 Å². The summed E-state index contributed by atoms with van der Waals surface area (Å²) in [6, 6.07) is 7.01. The normalized spacial score (nSPS) is 14.9. The second kappa shape index (κ2) is 5.18. The van der Waals surface area contributed by atoms with E-state index < -0.39 is 5.91 Å². The topological polar surface area (TPSA) is 75.4 Å². The Hall–Kier alpha value is -1.88. The molecule has 5 heteroatoms. The molecule has 0 unspecified atom stereocenters. The minimum absolute atomic E-state index is 0.111. The van der Waals surface area contributed by atoms with Crippen LogP contribution >= 0.6 is 0 Å². The zero-order valence-corrected chi connectivity index (χ0v) is 10.3. The highest BCUT2D eigenvalue weighted by atomic mass is 16.2. The van der Waals surface area contributed by atoms with Crippen molar-refractivity contribution >= 4 is 11.8 Å². The fourth-order valence-corrected chi connectivity index (χ4v) is 1.90. The van der Waals surface area contributed by atoms with Gasteiger partial charge in [0.25, 0.3) is 0 Å². The van der Waals surface area contributed by atoms with Gasteiger partial charge in [0.1, 0.15) is 0 Å². The lowest BCUT2D eigenvalue weighted by Gasteiger charge is -2.30. The average Bonchev–Trinajstić information content (AvgIpc) is 2.27. The predicted molar refractivity (Wildman–Crippen MR) is 67.8 cm³/mol. The van der Waals surface area contributed by atoms with Crippen LogP contribution < -0.4 is 11.1 Å². The van der Waals surface area contributed by atoms with Crippen LogP contribution in [0.4, 0.5) is 0 Å². The van der Waals surface area contributed by atoms with Crippen molar-refractivity contribution in [1.82, 2.24) is 10.2 Å². The molecule has 1 aromatic rings. The van der Waals surface area contributed by atoms with Gasteiger partial charge in [-0.3, -0.25) is 9.59 Å². The Morgan fingerprint density at radius 2 is 1.94 bits per heavy atom. The van der Waals surface area contributed by atoms with Gasteiger partial charge < -0.3 is 16.0 Å². The number of hydrogen-bond acceptors (Lipinski definition) is 3. The first-order chi connectivity index (χ1) is 8.58. The van der Waals surface area contributed by atoms with Crippen LogP contribution in [0.2, 0.25) is 0 Å². The molecule has 1 aliphatic rings. The minimum atomic E-state index is -0.438. The molecular weight excluding hydrogens is 230 g/mol. The van der Waals surface area contributed by atoms with Crippen LogP contribution in [-0.4, -0.2) is 36.9 Å². The van der Waals surface area contributed by atoms with Crippen LogP contribution in [0.25, 0.3) is 0 Å². The number of carbonyl (C=O) groups excluding carboxylic acids is 2. The van der Waals surface area contributed by atoms with Crippen LogP contribution in [0, 0.1) is 5.92 Å². The van der Waals surface area contributed by atoms with E-state index in [9.17, 15) is 9.59 Å². The summed E-state index contributed by atoms with van der Waals surface area (Å²) in [4.78, 5) is 24.6. The number of nitrogens with two attached hydrogens (primary N) is 1. The van der Waals surface area contributed by atoms with Crippen molar-refractivity contribution in [3.63, 3.8) is 0 Å². The molecule has 0 aromatic heterocycles. The number of nitrogens with zero attached hydrogens (tertiary/aromatic N) is 1. The van der Waals surface area contributed by atoms with Gasteiger partial charge in [-0.05, 0) is 17.7 Å². The molecule has 0 atom stereocenters. The molecule has 1 saturated heterocycles. The summed E-state index contributed by atoms with van der Waals surface area (Å²) in [6.45, 7) is 2.09. The Labute approximate surface area is 106 Å². The van der Waals surface area contributed by atoms with E-state index in [1.807, 2.05) is 12.1 Å². The average molecular weight is 247 g/mol. The molecule has 3 N–H and O–H groups in total. The van der Waals surface area contributed by atoms with Crippen molar-refractivity contribution < 1.29 is 9.59 Å². The van der Waals surface area contributed by atoms with E-state index in [1.165, 1.54) is 0 Å². The summed E-state index contributed by atoms with van der Waals surface area (Å²) in [5, 5.41) is 3.08. The molecule has 96 valence electrons. The molecule has 1 aromatic carbocycles. The second-order valence-electron chi connectivity index (χ2n) is 4.61. The minimum Gasteiger partial charge on any atom is -0.366 e. The second-order valence-corrected chi connectivity index (χ2v) is 4.61. The van der Waals surface area contributed by atoms with E-state index in [0.717, 1.165) is 18.7 Å². The van der Waals surface area contributed by atoms with Gasteiger partial charge in [0, 0.05) is 32.2 Å². The Bertz CT molecular complexity index is 452. The highest BCUT2D eigenvalue weighted by Gasteiger charge is 2.27. The summed E-state index contributed by atoms with van der Waals surface area (Å²) in [5.74, 6) is -0.167. The first-order valence-electron chi connectivity index (χ1n) is 5.92. The lowest BCUT2D eigenvalue weighted by Crippen LogP contribution is -2.50. The van der Waals surface area contributed by atoms with Crippen LogP contribution in [0.3, 0.4) is 0 Å². The van der Waals surface area contributed by atoms with Gasteiger partial charge >= 0.3 is 0 Å². The van der Waals surface area contributed by atoms with Gasteiger partial charge in [-0.25, -0.2) is 0 Å². The molecule has 0 aliphatic carbocycles. The number of nitrogens with one attached hydrogen (secondary N) is 1. The monoisotopic (exact) mass is 247 g/mol. The highest BCUT2D eigenvalue weighted by molar-refractivity contribution is 5.92. The van der Waals surface area contributed by atoms with Gasteiger partial charge in [-0.1, -0.05) is 12.1 Å². The summed E-state index contributed by atoms with van der Waals surface area (Å²) in [6.07, 6.45) is 0. The molecule has 0 radical (unpaired) electrons. The number of primary amides is 1. The SMILES string of the molecule is CN(Cc1ccc(C(N)=O)cc1)C(=O)C1CNC1. The van der Waals surface area contributed by atoms with Gasteiger partial charge in [-0.2, -0.15) is 0 Å². The predicted octanol–water partition coefficient (Wildman–Crippen LogP) is -0.0367. The zero-order chi connectivity index (χ0) is 13.1. The fourth-order valence-electron chi connectivity index (χ4n) is 1.90. The lowest BCUT2D eigenvalue weighted by atomic mass is 10.0. The van der Waals surface area contributed by atoms with E-state index in [4.69, 9.17) is 5.73 Å². The third kappa shape index (κ3) is 2.68. The molecule has 2 amide bonds. The molecular formula is C13H17N3O2. The number of hydrogen-bond donors (Lipinski definition) is 2. The number of carbonyl (C=O) groups is 2. The van der Waals surface area contributed by atoms with Crippen molar-refractivity contribution in [3.05, 3.63) is 35.4 Å². The Balaban J connectivity index is 1.95. The smallest absolute Gasteiger partial charge is 0.248 e. The third-order valence-electron chi connectivity index (χ3n) is 3.17. The maximum atomic E-state index is 11.9. The fraction of sp³-hybridized carbons (Fsp3) is 0.385. The summed E-state index contributed by atoms with van der Waals surface area (Å²) in [5.41, 5.74) is 6.64. The van der Waals surface area contributed by atoms with Gasteiger partial charge in [0.2, 0.25) is 11.8 Å². The Morgan fingerprint density at radius 3 is 2.39 bits per heavy atom. The molecule has 5 nitrogen and oxygen atoms in total. The van der Waals surface area contributed by atoms with Gasteiger partial charge in [0.05, 0.1) is 5.92 Å². The molecule has 1 aliphatic heterocycles. The molecule has 18 heavy (non-hydrogen) atoms. The van der Waals surface area contributed by atoms with Crippen LogP contribution in [-0.2, 0) is 11.3 Å². The maximum absolute atomic E-state index is 11.9. The highest BCUT2D eigenvalue weighted by Crippen LogP contribution is 2.11. The number of rotatable bonds is 4. The van der Waals surface area contributed by atoms with E-state index in [0.29, 0.717) is 12.1 Å². The molecule has 1 heterocycles. The Kier molecular flexibility index (Phi) is 3.62. The van der Waals surface area contributed by atoms with Crippen molar-refractivity contribution in [2.45, 2.75) is 6.54 Å². The standard InChI is InChI=1S/C13H17N3O2/c1-16(13(18)11-6-15-7-11)8-9-2-4-10(5-3-9)12(14)17/h2-5,11,15H,6-8H2,1H3,(H2,14,17). The van der Waals surface area contributed by atoms with Crippen LogP contribution in [0.15, 0.2) is 24.3 Å². The van der Waals surface area contributed by atoms with Crippen molar-refractivity contribution in [3.8, 4) is 0 Å². The van der Waals surface area contributed by atoms with E-state index in [2.05, 4.69) is 5.32 Å². The van der Waals surface area contributed by atoms with Crippen molar-refractivity contribution in [2.24, 2.45) is 11.7 Å². The molecule has 0 saturated carbocycles. The molecule has 0 spiro atoms. The summed E-state index contributed by atoms with van der Waals surface area (Å²) >= 11 is 0. The lowest BCUT2D eigenvalue weighted by molar-refractivity contribution is -0.136.